The van der Waals surface area contributed by atoms with E-state index in [2.05, 4.69) is 63.8 Å². The Bertz CT molecular complexity index is 2870. The average Bonchev–Trinajstić information content (AvgIpc) is 0.946. The third-order valence-electron chi connectivity index (χ3n) is 15.6. The second kappa shape index (κ2) is 45.3. The van der Waals surface area contributed by atoms with E-state index in [4.69, 9.17) is 17.2 Å². The monoisotopic (exact) mass is 1380 g/mol. The summed E-state index contributed by atoms with van der Waals surface area (Å²) in [6.45, 7) is 15.1. The molecule has 19 N–H and O–H groups in total. The van der Waals surface area contributed by atoms with Crippen molar-refractivity contribution in [2.45, 2.75) is 194 Å². The molecule has 0 aliphatic carbocycles. The summed E-state index contributed by atoms with van der Waals surface area (Å²) in [6.07, 6.45) is 4.07. The quantitative estimate of drug-likeness (QED) is 0.0343. The highest BCUT2D eigenvalue weighted by molar-refractivity contribution is 7.98. The van der Waals surface area contributed by atoms with Gasteiger partial charge in [0, 0.05) is 6.42 Å². The number of unbranched alkanes of at least 4 members (excludes halogenated alkanes) is 1. The van der Waals surface area contributed by atoms with Crippen LogP contribution < -0.4 is 81.0 Å². The van der Waals surface area contributed by atoms with E-state index in [1.54, 1.807) is 76.4 Å². The van der Waals surface area contributed by atoms with Crippen molar-refractivity contribution in [1.82, 2.24) is 63.8 Å². The molecular formula is C67H109N15O14S. The fourth-order valence-corrected chi connectivity index (χ4v) is 10.5. The maximum absolute atomic E-state index is 14.0. The van der Waals surface area contributed by atoms with Crippen molar-refractivity contribution in [3.8, 4) is 0 Å². The van der Waals surface area contributed by atoms with Crippen LogP contribution in [0.25, 0.3) is 0 Å². The molecule has 0 heterocycles. The Kier molecular flexibility index (Phi) is 39.6. The molecule has 0 unspecified atom stereocenters. The van der Waals surface area contributed by atoms with Crippen molar-refractivity contribution in [3.63, 3.8) is 0 Å². The number of rotatable bonds is 46. The van der Waals surface area contributed by atoms with Gasteiger partial charge in [0.05, 0.1) is 32.3 Å². The summed E-state index contributed by atoms with van der Waals surface area (Å²) in [5.74, 6) is -10.9. The van der Waals surface area contributed by atoms with E-state index < -0.39 is 175 Å². The summed E-state index contributed by atoms with van der Waals surface area (Å²) in [5.41, 5.74) is 19.1. The van der Waals surface area contributed by atoms with E-state index >= 15 is 0 Å². The zero-order chi connectivity index (χ0) is 72.9. The molecule has 0 spiro atoms. The van der Waals surface area contributed by atoms with Crippen LogP contribution in [0.2, 0.25) is 0 Å². The molecular weight excluding hydrogens is 1270 g/mol. The Morgan fingerprint density at radius 3 is 1.28 bits per heavy atom. The van der Waals surface area contributed by atoms with Crippen LogP contribution in [0.3, 0.4) is 0 Å². The molecule has 2 aromatic carbocycles. The molecule has 97 heavy (non-hydrogen) atoms. The van der Waals surface area contributed by atoms with Gasteiger partial charge in [-0.3, -0.25) is 62.3 Å². The maximum Gasteiger partial charge on any atom is 0.245 e. The molecule has 0 aliphatic heterocycles. The number of carbonyl (C=O) groups is 13. The third kappa shape index (κ3) is 33.1. The summed E-state index contributed by atoms with van der Waals surface area (Å²) < 4.78 is 0. The van der Waals surface area contributed by atoms with Crippen molar-refractivity contribution in [2.75, 3.05) is 44.8 Å². The number of nitrogens with two attached hydrogens (primary N) is 3. The van der Waals surface area contributed by atoms with Crippen LogP contribution in [0.4, 0.5) is 0 Å². The van der Waals surface area contributed by atoms with Gasteiger partial charge in [-0.15, -0.1) is 0 Å². The minimum absolute atomic E-state index is 0.0848. The van der Waals surface area contributed by atoms with Crippen LogP contribution in [-0.4, -0.2) is 187 Å². The lowest BCUT2D eigenvalue weighted by atomic mass is 9.96. The Morgan fingerprint density at radius 2 is 0.845 bits per heavy atom. The molecule has 542 valence electrons. The lowest BCUT2D eigenvalue weighted by molar-refractivity contribution is -0.135. The highest BCUT2D eigenvalue weighted by Crippen LogP contribution is 2.14. The standard InChI is InChI=1S/C67H109N15O14S/c1-12-42(10)57(81-55(86)36-72-61(90)52(37-83)80-65(94)50(30-39(4)5)77-59(88)45(69)32-43-21-15-13-16-22-43)67(96)82-56(41(8)9)66(95)73-35-54(85)75-47(26-28-97-11)63(92)78-49(29-38(2)3)60(89)71-34-53(84)74-46(25-19-20-27-68)62(91)79-51(31-40(6)7)64(93)76-48(58(70)87)33-44-23-17-14-18-24-44/h13-18,21-24,38-42,45-52,56-57,83H,12,19-20,25-37,68-69H2,1-11H3,(H2,70,87)(H,71,89)(H,72,90)(H,73,95)(H,74,84)(H,75,85)(H,76,93)(H,77,88)(H,78,92)(H,79,91)(H,80,94)(H,81,86)(H,82,96)/t42-,45-,46-,47-,48-,49-,50-,51-,52-,56-,57-/m0/s1. The highest BCUT2D eigenvalue weighted by atomic mass is 32.2. The van der Waals surface area contributed by atoms with Crippen molar-refractivity contribution in [2.24, 2.45) is 46.8 Å². The Labute approximate surface area is 574 Å². The van der Waals surface area contributed by atoms with Gasteiger partial charge in [-0.2, -0.15) is 11.8 Å². The van der Waals surface area contributed by atoms with Gasteiger partial charge in [0.1, 0.15) is 54.4 Å². The smallest absolute Gasteiger partial charge is 0.245 e. The minimum atomic E-state index is -1.54. The molecule has 0 fully saturated rings. The predicted octanol–water partition coefficient (Wildman–Crippen LogP) is -1.29. The van der Waals surface area contributed by atoms with Crippen LogP contribution in [0, 0.1) is 29.6 Å². The van der Waals surface area contributed by atoms with Gasteiger partial charge in [0.25, 0.3) is 0 Å². The zero-order valence-electron chi connectivity index (χ0n) is 58.1. The molecule has 0 aromatic heterocycles. The second-order valence-corrected chi connectivity index (χ2v) is 26.9. The number of thioether (sulfide) groups is 1. The van der Waals surface area contributed by atoms with Crippen molar-refractivity contribution >= 4 is 88.6 Å². The fourth-order valence-electron chi connectivity index (χ4n) is 10.0. The summed E-state index contributed by atoms with van der Waals surface area (Å²) in [6, 6.07) is 6.06. The van der Waals surface area contributed by atoms with E-state index in [0.717, 1.165) is 11.1 Å². The Balaban J connectivity index is 2.12. The molecule has 0 bridgehead atoms. The number of primary amides is 1. The van der Waals surface area contributed by atoms with Crippen molar-refractivity contribution < 1.29 is 67.4 Å². The van der Waals surface area contributed by atoms with Gasteiger partial charge in [0.15, 0.2) is 0 Å². The molecule has 0 saturated carbocycles. The Hall–Kier alpha value is -8.22. The Morgan fingerprint density at radius 1 is 0.443 bits per heavy atom. The normalized spacial score (nSPS) is 14.7. The number of aliphatic hydroxyl groups excluding tert-OH is 1. The molecule has 2 aromatic rings. The first-order valence-electron chi connectivity index (χ1n) is 33.3. The summed E-state index contributed by atoms with van der Waals surface area (Å²) in [4.78, 5) is 176. The largest absolute Gasteiger partial charge is 0.394 e. The molecule has 30 heteroatoms. The first kappa shape index (κ1) is 84.9. The average molecular weight is 1380 g/mol. The van der Waals surface area contributed by atoms with Crippen LogP contribution >= 0.6 is 11.8 Å². The van der Waals surface area contributed by atoms with Crippen LogP contribution in [0.5, 0.6) is 0 Å². The molecule has 0 aliphatic rings. The van der Waals surface area contributed by atoms with E-state index in [1.165, 1.54) is 11.8 Å². The van der Waals surface area contributed by atoms with E-state index in [-0.39, 0.29) is 62.7 Å². The van der Waals surface area contributed by atoms with E-state index in [1.807, 2.05) is 59.7 Å². The number of nitrogens with one attached hydrogen (secondary N) is 12. The van der Waals surface area contributed by atoms with Crippen LogP contribution in [-0.2, 0) is 75.2 Å². The van der Waals surface area contributed by atoms with Crippen LogP contribution in [0.15, 0.2) is 60.7 Å². The van der Waals surface area contributed by atoms with Gasteiger partial charge >= 0.3 is 0 Å². The van der Waals surface area contributed by atoms with E-state index in [0.29, 0.717) is 31.6 Å². The number of amides is 13. The van der Waals surface area contributed by atoms with Gasteiger partial charge < -0.3 is 86.1 Å². The first-order valence-corrected chi connectivity index (χ1v) is 34.7. The molecule has 13 amide bonds. The van der Waals surface area contributed by atoms with Crippen LogP contribution in [0.1, 0.15) is 132 Å². The first-order chi connectivity index (χ1) is 45.8. The SMILES string of the molecule is CC[C@H](C)[C@H](NC(=O)CNC(=O)[C@H](CO)NC(=O)[C@H](CC(C)C)NC(=O)[C@@H](N)Cc1ccccc1)C(=O)N[C@H](C(=O)NCC(=O)N[C@@H](CCSC)C(=O)N[C@@H](CC(C)C)C(=O)NCC(=O)N[C@@H](CCCCN)C(=O)N[C@@H](CC(C)C)C(=O)N[C@@H](Cc1ccccc1)C(N)=O)C(C)C. The molecule has 29 nitrogen and oxygen atoms in total. The zero-order valence-corrected chi connectivity index (χ0v) is 59.0. The molecule has 11 atom stereocenters. The summed E-state index contributed by atoms with van der Waals surface area (Å²) >= 11 is 1.38. The topological polar surface area (TPSA) is 465 Å². The second-order valence-electron chi connectivity index (χ2n) is 25.9. The number of aliphatic hydroxyl groups is 1. The van der Waals surface area contributed by atoms with E-state index in [9.17, 15) is 67.4 Å². The van der Waals surface area contributed by atoms with Crippen molar-refractivity contribution in [1.29, 1.82) is 0 Å². The van der Waals surface area contributed by atoms with Gasteiger partial charge in [0.2, 0.25) is 76.8 Å². The summed E-state index contributed by atoms with van der Waals surface area (Å²) in [5, 5.41) is 41.2. The maximum atomic E-state index is 14.0. The number of carbonyl (C=O) groups excluding carboxylic acids is 13. The fraction of sp³-hybridized carbons (Fsp3) is 0.627. The summed E-state index contributed by atoms with van der Waals surface area (Å²) in [7, 11) is 0. The molecule has 0 saturated heterocycles. The lowest BCUT2D eigenvalue weighted by Crippen LogP contribution is -2.59. The van der Waals surface area contributed by atoms with Gasteiger partial charge in [-0.05, 0) is 111 Å². The minimum Gasteiger partial charge on any atom is -0.394 e. The molecule has 0 radical (unpaired) electrons. The van der Waals surface area contributed by atoms with Crippen molar-refractivity contribution in [3.05, 3.63) is 71.8 Å². The third-order valence-corrected chi connectivity index (χ3v) is 16.2. The molecule has 2 rings (SSSR count). The lowest BCUT2D eigenvalue weighted by Gasteiger charge is -2.28. The number of hydrogen-bond donors (Lipinski definition) is 16. The predicted molar refractivity (Wildman–Crippen MR) is 370 cm³/mol. The number of hydrogen-bond acceptors (Lipinski definition) is 17. The van der Waals surface area contributed by atoms with Gasteiger partial charge in [-0.1, -0.05) is 136 Å². The number of benzene rings is 2. The van der Waals surface area contributed by atoms with Gasteiger partial charge in [-0.25, -0.2) is 0 Å². The highest BCUT2D eigenvalue weighted by Gasteiger charge is 2.35.